The van der Waals surface area contributed by atoms with Crippen molar-refractivity contribution in [2.24, 2.45) is 23.3 Å². The standard InChI is InChI=1S/C17H24ClN5O3.C11H15ClN6OS.2C2H6N2S.H2O4S/c1-9(7-11(24)23-17(2,3)4)26-16(25)12-14(19)22-15(13(18)21-12)20-8-10-5-6-10;1-20-11(14)18-10(19)6-8(13)17-9(7(12)16-6)15-4-5-2-3-5;2*1-5-2(3)4;1-5(2,3)4/h7,10H,5-6,8H2,1-4H3,(H,23,24)(H3,19,20,22);5H,2-4H2,1H3,(H3,13,15,17)(H2,14,18,19);2*1H3,(H3,3,4);(H2,1,2,3,4)/b9-7+;;;;. The molecule has 2 amide bonds. The first-order chi connectivity index (χ1) is 28.1. The number of nitrogens with one attached hydrogen (secondary N) is 7. The topological polar surface area (TPSA) is 410 Å². The quantitative estimate of drug-likeness (QED) is 0.0401. The van der Waals surface area contributed by atoms with Crippen LogP contribution in [0.4, 0.5) is 23.3 Å². The Morgan fingerprint density at radius 2 is 1.20 bits per heavy atom. The Kier molecular flexibility index (Phi) is 25.6. The van der Waals surface area contributed by atoms with Crippen LogP contribution in [-0.2, 0) is 19.9 Å². The second-order valence-corrected chi connectivity index (χ2v) is 17.4. The Morgan fingerprint density at radius 1 is 0.820 bits per heavy atom. The number of carbonyl (C=O) groups excluding carboxylic acids is 3. The number of hydrogen-bond donors (Lipinski definition) is 13. The highest BCUT2D eigenvalue weighted by Crippen LogP contribution is 2.31. The van der Waals surface area contributed by atoms with Crippen LogP contribution in [0.5, 0.6) is 0 Å². The number of hydrogen-bond acceptors (Lipinski definition) is 20. The number of esters is 1. The summed E-state index contributed by atoms with van der Waals surface area (Å²) >= 11 is 15.6. The van der Waals surface area contributed by atoms with E-state index in [1.807, 2.05) is 20.8 Å². The van der Waals surface area contributed by atoms with Crippen molar-refractivity contribution in [3.63, 3.8) is 0 Å². The van der Waals surface area contributed by atoms with Gasteiger partial charge in [0.1, 0.15) is 5.76 Å². The Balaban J connectivity index is 0.000000899. The number of amidine groups is 3. The van der Waals surface area contributed by atoms with Gasteiger partial charge < -0.3 is 48.9 Å². The summed E-state index contributed by atoms with van der Waals surface area (Å²) in [6.45, 7) is 8.53. The number of thioether (sulfide) groups is 3. The molecular weight excluding hydrogens is 922 g/mol. The average molecular weight is 975 g/mol. The lowest BCUT2D eigenvalue weighted by Crippen LogP contribution is -2.39. The average Bonchev–Trinajstić information content (AvgIpc) is 4.07. The van der Waals surface area contributed by atoms with Gasteiger partial charge in [-0.25, -0.2) is 24.7 Å². The molecule has 4 rings (SSSR count). The van der Waals surface area contributed by atoms with Gasteiger partial charge in [0, 0.05) is 24.7 Å². The molecule has 2 fully saturated rings. The lowest BCUT2D eigenvalue weighted by Gasteiger charge is -2.19. The van der Waals surface area contributed by atoms with Gasteiger partial charge in [0.2, 0.25) is 5.91 Å². The fourth-order valence-corrected chi connectivity index (χ4v) is 4.13. The van der Waals surface area contributed by atoms with Crippen LogP contribution in [0.3, 0.4) is 0 Å². The first kappa shape index (κ1) is 56.6. The zero-order valence-electron chi connectivity index (χ0n) is 34.3. The maximum Gasteiger partial charge on any atom is 0.394 e. The van der Waals surface area contributed by atoms with E-state index >= 15 is 0 Å². The van der Waals surface area contributed by atoms with Crippen LogP contribution >= 0.6 is 58.5 Å². The van der Waals surface area contributed by atoms with E-state index in [0.717, 1.165) is 24.9 Å². The number of nitrogen functional groups attached to an aromatic ring is 2. The maximum absolute atomic E-state index is 12.2. The molecule has 2 aliphatic rings. The largest absolute Gasteiger partial charge is 0.426 e. The van der Waals surface area contributed by atoms with E-state index in [9.17, 15) is 14.4 Å². The van der Waals surface area contributed by atoms with Crippen LogP contribution in [0, 0.1) is 28.1 Å². The second kappa shape index (κ2) is 27.5. The third-order valence-electron chi connectivity index (χ3n) is 6.64. The summed E-state index contributed by atoms with van der Waals surface area (Å²) < 4.78 is 36.7. The minimum Gasteiger partial charge on any atom is -0.426 e. The van der Waals surface area contributed by atoms with Crippen molar-refractivity contribution in [3.8, 4) is 0 Å². The van der Waals surface area contributed by atoms with Crippen molar-refractivity contribution in [1.82, 2.24) is 30.6 Å². The normalized spacial score (nSPS) is 13.0. The fraction of sp³-hybridized carbons (Fsp3) is 0.500. The van der Waals surface area contributed by atoms with Gasteiger partial charge >= 0.3 is 16.4 Å². The van der Waals surface area contributed by atoms with E-state index in [2.05, 4.69) is 41.2 Å². The molecule has 61 heavy (non-hydrogen) atoms. The molecule has 0 spiro atoms. The van der Waals surface area contributed by atoms with Crippen molar-refractivity contribution in [1.29, 1.82) is 16.2 Å². The van der Waals surface area contributed by atoms with E-state index < -0.39 is 27.8 Å². The number of nitrogens with zero attached hydrogens (tertiary/aromatic N) is 4. The zero-order valence-corrected chi connectivity index (χ0v) is 39.1. The molecule has 2 aromatic heterocycles. The van der Waals surface area contributed by atoms with Crippen LogP contribution in [0.2, 0.25) is 10.3 Å². The van der Waals surface area contributed by atoms with Gasteiger partial charge in [-0.2, -0.15) is 8.42 Å². The molecule has 0 radical (unpaired) electrons. The Bertz CT molecular complexity index is 1980. The van der Waals surface area contributed by atoms with E-state index in [1.165, 1.54) is 62.2 Å². The molecule has 23 nitrogen and oxygen atoms in total. The molecule has 2 heterocycles. The summed E-state index contributed by atoms with van der Waals surface area (Å²) in [5.74, 6) is 0.183. The lowest BCUT2D eigenvalue weighted by molar-refractivity contribution is -0.118. The van der Waals surface area contributed by atoms with Crippen LogP contribution < -0.4 is 44.2 Å². The Morgan fingerprint density at radius 3 is 1.54 bits per heavy atom. The van der Waals surface area contributed by atoms with Gasteiger partial charge in [-0.1, -0.05) is 58.5 Å². The molecule has 2 aromatic rings. The van der Waals surface area contributed by atoms with Crippen molar-refractivity contribution < 1.29 is 36.6 Å². The number of aromatic nitrogens is 4. The Hall–Kier alpha value is -4.38. The molecular formula is C32H53Cl2N15O8S4. The number of amides is 2. The summed E-state index contributed by atoms with van der Waals surface area (Å²) in [7, 11) is -4.67. The summed E-state index contributed by atoms with van der Waals surface area (Å²) in [6.07, 6.45) is 11.1. The molecule has 0 aromatic carbocycles. The highest BCUT2D eigenvalue weighted by molar-refractivity contribution is 8.13. The zero-order chi connectivity index (χ0) is 47.2. The third kappa shape index (κ3) is 28.7. The SMILES string of the molecule is C/C(=C\C(=O)NC(C)(C)C)OC(=O)c1nc(Cl)c(NCC2CC2)nc1N.CSC(=N)N.CSC(=N)N.CSC(=N)NC(=O)c1nc(Cl)c(NCC2CC2)nc1N.O=S(=O)(O)O. The van der Waals surface area contributed by atoms with Gasteiger partial charge in [-0.15, -0.1) is 0 Å². The molecule has 2 saturated carbocycles. The highest BCUT2D eigenvalue weighted by atomic mass is 35.5. The van der Waals surface area contributed by atoms with Gasteiger partial charge in [-0.3, -0.25) is 34.9 Å². The number of nitrogens with two attached hydrogens (primary N) is 4. The lowest BCUT2D eigenvalue weighted by atomic mass is 10.1. The number of allylic oxidation sites excluding steroid dienone is 1. The molecule has 17 N–H and O–H groups in total. The van der Waals surface area contributed by atoms with Crippen LogP contribution in [-0.4, -0.2) is 108 Å². The number of ether oxygens (including phenoxy) is 1. The monoisotopic (exact) mass is 973 g/mol. The van der Waals surface area contributed by atoms with Gasteiger partial charge in [0.05, 0.1) is 0 Å². The van der Waals surface area contributed by atoms with Crippen molar-refractivity contribution >= 4 is 125 Å². The van der Waals surface area contributed by atoms with Gasteiger partial charge in [0.15, 0.2) is 60.5 Å². The predicted octanol–water partition coefficient (Wildman–Crippen LogP) is 3.90. The molecule has 29 heteroatoms. The van der Waals surface area contributed by atoms with Crippen molar-refractivity contribution in [2.75, 3.05) is 54.0 Å². The molecule has 0 atom stereocenters. The van der Waals surface area contributed by atoms with Crippen LogP contribution in [0.25, 0.3) is 0 Å². The molecule has 0 unspecified atom stereocenters. The molecule has 0 bridgehead atoms. The molecule has 2 aliphatic carbocycles. The minimum atomic E-state index is -4.67. The molecule has 0 saturated heterocycles. The van der Waals surface area contributed by atoms with E-state index in [1.54, 1.807) is 18.8 Å². The number of halogens is 2. The molecule has 342 valence electrons. The summed E-state index contributed by atoms with van der Waals surface area (Å²) in [6, 6.07) is 0. The maximum atomic E-state index is 12.2. The third-order valence-corrected chi connectivity index (χ3v) is 8.55. The molecule has 0 aliphatic heterocycles. The van der Waals surface area contributed by atoms with Gasteiger partial charge in [-0.05, 0) is 84.0 Å². The summed E-state index contributed by atoms with van der Waals surface area (Å²) in [5.41, 5.74) is 20.5. The van der Waals surface area contributed by atoms with Crippen molar-refractivity contribution in [2.45, 2.75) is 58.9 Å². The number of carbonyl (C=O) groups is 3. The fourth-order valence-electron chi connectivity index (χ4n) is 3.55. The van der Waals surface area contributed by atoms with E-state index in [4.69, 9.17) is 84.6 Å². The van der Waals surface area contributed by atoms with Gasteiger partial charge in [0.25, 0.3) is 5.91 Å². The minimum absolute atomic E-state index is 0.00302. The number of anilines is 4. The van der Waals surface area contributed by atoms with Crippen LogP contribution in [0.1, 0.15) is 74.4 Å². The van der Waals surface area contributed by atoms with Crippen LogP contribution in [0.15, 0.2) is 11.8 Å². The smallest absolute Gasteiger partial charge is 0.394 e. The van der Waals surface area contributed by atoms with E-state index in [0.29, 0.717) is 23.5 Å². The Labute approximate surface area is 376 Å². The summed E-state index contributed by atoms with van der Waals surface area (Å²) in [5, 5.41) is 32.1. The predicted molar refractivity (Wildman–Crippen MR) is 246 cm³/mol. The van der Waals surface area contributed by atoms with E-state index in [-0.39, 0.29) is 60.5 Å². The number of rotatable bonds is 10. The first-order valence-corrected chi connectivity index (χ1v) is 23.2. The van der Waals surface area contributed by atoms with Crippen molar-refractivity contribution in [3.05, 3.63) is 33.5 Å². The summed E-state index contributed by atoms with van der Waals surface area (Å²) in [4.78, 5) is 52.0. The first-order valence-electron chi connectivity index (χ1n) is 17.4. The highest BCUT2D eigenvalue weighted by Gasteiger charge is 2.25. The second-order valence-electron chi connectivity index (χ2n) is 13.3.